The molecular weight excluding hydrogens is 212 g/mol. The van der Waals surface area contributed by atoms with Crippen molar-refractivity contribution in [2.24, 2.45) is 5.73 Å². The van der Waals surface area contributed by atoms with E-state index >= 15 is 0 Å². The van der Waals surface area contributed by atoms with Crippen LogP contribution in [0.25, 0.3) is 0 Å². The summed E-state index contributed by atoms with van der Waals surface area (Å²) in [6.07, 6.45) is 3.51. The molecule has 2 N–H and O–H groups in total. The van der Waals surface area contributed by atoms with Crippen LogP contribution in [0, 0.1) is 0 Å². The molecule has 0 spiro atoms. The highest BCUT2D eigenvalue weighted by Gasteiger charge is 2.25. The van der Waals surface area contributed by atoms with Crippen molar-refractivity contribution in [2.45, 2.75) is 45.1 Å². The molecule has 1 aromatic rings. The van der Waals surface area contributed by atoms with Crippen LogP contribution in [0.1, 0.15) is 44.7 Å². The van der Waals surface area contributed by atoms with Crippen molar-refractivity contribution >= 4 is 5.82 Å². The normalized spacial score (nSPS) is 20.2. The van der Waals surface area contributed by atoms with E-state index in [2.05, 4.69) is 41.1 Å². The highest BCUT2D eigenvalue weighted by Crippen LogP contribution is 2.25. The van der Waals surface area contributed by atoms with Gasteiger partial charge in [0, 0.05) is 12.6 Å². The summed E-state index contributed by atoms with van der Waals surface area (Å²) in [7, 11) is 0. The van der Waals surface area contributed by atoms with E-state index in [1.165, 1.54) is 12.8 Å². The number of rotatable bonds is 4. The first-order chi connectivity index (χ1) is 8.22. The van der Waals surface area contributed by atoms with Crippen LogP contribution in [0.15, 0.2) is 12.1 Å². The third-order valence-corrected chi connectivity index (χ3v) is 3.43. The first-order valence-electron chi connectivity index (χ1n) is 6.52. The third kappa shape index (κ3) is 2.75. The molecule has 0 amide bonds. The predicted octanol–water partition coefficient (Wildman–Crippen LogP) is 1.92. The highest BCUT2D eigenvalue weighted by atomic mass is 15.3. The van der Waals surface area contributed by atoms with Gasteiger partial charge in [0.05, 0.1) is 5.69 Å². The topological polar surface area (TPSA) is 55.0 Å². The first-order valence-corrected chi connectivity index (χ1v) is 6.52. The second-order valence-corrected chi connectivity index (χ2v) is 5.04. The Morgan fingerprint density at radius 1 is 1.41 bits per heavy atom. The Kier molecular flexibility index (Phi) is 3.94. The Hall–Kier alpha value is -1.16. The van der Waals surface area contributed by atoms with Gasteiger partial charge in [0.15, 0.2) is 5.82 Å². The Bertz CT molecular complexity index is 347. The first kappa shape index (κ1) is 12.3. The van der Waals surface area contributed by atoms with Crippen molar-refractivity contribution in [3.63, 3.8) is 0 Å². The average molecular weight is 234 g/mol. The number of hydrogen-bond donors (Lipinski definition) is 1. The van der Waals surface area contributed by atoms with Gasteiger partial charge in [-0.2, -0.15) is 5.10 Å². The van der Waals surface area contributed by atoms with E-state index < -0.39 is 0 Å². The minimum Gasteiger partial charge on any atom is -0.352 e. The van der Waals surface area contributed by atoms with Crippen LogP contribution >= 0.6 is 0 Å². The van der Waals surface area contributed by atoms with Crippen molar-refractivity contribution < 1.29 is 0 Å². The van der Waals surface area contributed by atoms with Gasteiger partial charge in [-0.25, -0.2) is 0 Å². The second-order valence-electron chi connectivity index (χ2n) is 5.04. The predicted molar refractivity (Wildman–Crippen MR) is 70.2 cm³/mol. The molecule has 1 aliphatic heterocycles. The zero-order chi connectivity index (χ0) is 12.3. The molecule has 2 heterocycles. The summed E-state index contributed by atoms with van der Waals surface area (Å²) >= 11 is 0. The molecule has 0 radical (unpaired) electrons. The Labute approximate surface area is 103 Å². The van der Waals surface area contributed by atoms with Gasteiger partial charge >= 0.3 is 0 Å². The van der Waals surface area contributed by atoms with Gasteiger partial charge in [0.2, 0.25) is 0 Å². The van der Waals surface area contributed by atoms with Crippen LogP contribution in [0.2, 0.25) is 0 Å². The fraction of sp³-hybridized carbons (Fsp3) is 0.692. The molecule has 1 atom stereocenters. The fourth-order valence-electron chi connectivity index (χ4n) is 2.43. The summed E-state index contributed by atoms with van der Waals surface area (Å²) < 4.78 is 0. The number of hydrogen-bond acceptors (Lipinski definition) is 4. The number of nitrogens with two attached hydrogens (primary N) is 1. The van der Waals surface area contributed by atoms with E-state index in [0.717, 1.165) is 31.0 Å². The maximum absolute atomic E-state index is 5.65. The van der Waals surface area contributed by atoms with Gasteiger partial charge in [0.1, 0.15) is 0 Å². The third-order valence-electron chi connectivity index (χ3n) is 3.43. The molecule has 17 heavy (non-hydrogen) atoms. The summed E-state index contributed by atoms with van der Waals surface area (Å²) in [4.78, 5) is 2.35. The van der Waals surface area contributed by atoms with Crippen LogP contribution in [0.5, 0.6) is 0 Å². The van der Waals surface area contributed by atoms with E-state index in [-0.39, 0.29) is 0 Å². The molecule has 1 unspecified atom stereocenters. The van der Waals surface area contributed by atoms with Crippen LogP contribution < -0.4 is 10.6 Å². The molecule has 0 saturated carbocycles. The van der Waals surface area contributed by atoms with Gasteiger partial charge in [-0.15, -0.1) is 5.10 Å². The molecule has 0 bridgehead atoms. The molecule has 94 valence electrons. The van der Waals surface area contributed by atoms with Gasteiger partial charge in [-0.3, -0.25) is 0 Å². The van der Waals surface area contributed by atoms with E-state index in [1.807, 2.05) is 0 Å². The van der Waals surface area contributed by atoms with Crippen molar-refractivity contribution in [1.82, 2.24) is 10.2 Å². The maximum Gasteiger partial charge on any atom is 0.151 e. The lowest BCUT2D eigenvalue weighted by atomic mass is 10.1. The minimum absolute atomic E-state index is 0.440. The van der Waals surface area contributed by atoms with Crippen molar-refractivity contribution in [1.29, 1.82) is 0 Å². The smallest absolute Gasteiger partial charge is 0.151 e. The SMILES string of the molecule is CC(C)c1ccc(N2CCCC2CCN)nn1. The molecule has 0 aromatic carbocycles. The summed E-state index contributed by atoms with van der Waals surface area (Å²) in [5, 5.41) is 8.64. The number of anilines is 1. The van der Waals surface area contributed by atoms with E-state index in [0.29, 0.717) is 12.0 Å². The molecule has 1 fully saturated rings. The molecule has 1 aromatic heterocycles. The zero-order valence-electron chi connectivity index (χ0n) is 10.8. The minimum atomic E-state index is 0.440. The van der Waals surface area contributed by atoms with E-state index in [1.54, 1.807) is 0 Å². The maximum atomic E-state index is 5.65. The van der Waals surface area contributed by atoms with E-state index in [9.17, 15) is 0 Å². The molecule has 1 saturated heterocycles. The van der Waals surface area contributed by atoms with Gasteiger partial charge in [0.25, 0.3) is 0 Å². The summed E-state index contributed by atoms with van der Waals surface area (Å²) in [5.74, 6) is 1.44. The second kappa shape index (κ2) is 5.45. The molecule has 2 rings (SSSR count). The Balaban J connectivity index is 2.10. The summed E-state index contributed by atoms with van der Waals surface area (Å²) in [6.45, 7) is 6.10. The summed E-state index contributed by atoms with van der Waals surface area (Å²) in [6, 6.07) is 4.74. The Morgan fingerprint density at radius 2 is 2.24 bits per heavy atom. The van der Waals surface area contributed by atoms with Crippen molar-refractivity contribution in [3.8, 4) is 0 Å². The zero-order valence-corrected chi connectivity index (χ0v) is 10.8. The highest BCUT2D eigenvalue weighted by molar-refractivity contribution is 5.40. The monoisotopic (exact) mass is 234 g/mol. The molecular formula is C13H22N4. The van der Waals surface area contributed by atoms with Gasteiger partial charge in [-0.1, -0.05) is 13.8 Å². The van der Waals surface area contributed by atoms with Crippen LogP contribution in [-0.4, -0.2) is 29.3 Å². The lowest BCUT2D eigenvalue weighted by Gasteiger charge is -2.25. The fourth-order valence-corrected chi connectivity index (χ4v) is 2.43. The summed E-state index contributed by atoms with van der Waals surface area (Å²) in [5.41, 5.74) is 6.71. The van der Waals surface area contributed by atoms with Crippen LogP contribution in [0.3, 0.4) is 0 Å². The van der Waals surface area contributed by atoms with Crippen molar-refractivity contribution in [3.05, 3.63) is 17.8 Å². The van der Waals surface area contributed by atoms with E-state index in [4.69, 9.17) is 5.73 Å². The van der Waals surface area contributed by atoms with Gasteiger partial charge < -0.3 is 10.6 Å². The number of nitrogens with zero attached hydrogens (tertiary/aromatic N) is 3. The molecule has 4 nitrogen and oxygen atoms in total. The average Bonchev–Trinajstić information content (AvgIpc) is 2.78. The quantitative estimate of drug-likeness (QED) is 0.864. The lowest BCUT2D eigenvalue weighted by Crippen LogP contribution is -2.32. The van der Waals surface area contributed by atoms with Crippen LogP contribution in [0.4, 0.5) is 5.82 Å². The molecule has 1 aliphatic rings. The van der Waals surface area contributed by atoms with Crippen molar-refractivity contribution in [2.75, 3.05) is 18.0 Å². The standard InChI is InChI=1S/C13H22N4/c1-10(2)12-5-6-13(16-15-12)17-9-3-4-11(17)7-8-14/h5-6,10-11H,3-4,7-9,14H2,1-2H3. The largest absolute Gasteiger partial charge is 0.352 e. The van der Waals surface area contributed by atoms with Crippen LogP contribution in [-0.2, 0) is 0 Å². The molecule has 4 heteroatoms. The van der Waals surface area contributed by atoms with Gasteiger partial charge in [-0.05, 0) is 43.9 Å². The molecule has 0 aliphatic carbocycles. The lowest BCUT2D eigenvalue weighted by molar-refractivity contribution is 0.610. The Morgan fingerprint density at radius 3 is 2.82 bits per heavy atom. The number of aromatic nitrogens is 2.